The van der Waals surface area contributed by atoms with Gasteiger partial charge in [0.25, 0.3) is 5.95 Å². The van der Waals surface area contributed by atoms with Crippen molar-refractivity contribution >= 4 is 18.1 Å². The number of morpholine rings is 1. The summed E-state index contributed by atoms with van der Waals surface area (Å²) in [4.78, 5) is 14.8. The fourth-order valence-electron chi connectivity index (χ4n) is 2.45. The first kappa shape index (κ1) is 18.6. The number of phenolic OH excluding ortho intramolecular Hbond substituents is 1. The van der Waals surface area contributed by atoms with Crippen molar-refractivity contribution in [1.82, 2.24) is 15.0 Å². The van der Waals surface area contributed by atoms with Crippen LogP contribution in [0.1, 0.15) is 12.5 Å². The van der Waals surface area contributed by atoms with Gasteiger partial charge in [0, 0.05) is 13.1 Å². The van der Waals surface area contributed by atoms with E-state index in [1.54, 1.807) is 24.4 Å². The maximum atomic E-state index is 9.92. The van der Waals surface area contributed by atoms with Crippen LogP contribution in [0.15, 0.2) is 23.3 Å². The van der Waals surface area contributed by atoms with E-state index < -0.39 is 0 Å². The number of nitrogens with zero attached hydrogens (tertiary/aromatic N) is 5. The van der Waals surface area contributed by atoms with Crippen molar-refractivity contribution in [3.8, 4) is 17.5 Å². The first-order chi connectivity index (χ1) is 13.2. The van der Waals surface area contributed by atoms with Gasteiger partial charge in [0.05, 0.1) is 33.1 Å². The predicted molar refractivity (Wildman–Crippen MR) is 99.9 cm³/mol. The number of anilines is 2. The van der Waals surface area contributed by atoms with Crippen molar-refractivity contribution in [3.05, 3.63) is 23.8 Å². The average Bonchev–Trinajstić information content (AvgIpc) is 2.70. The van der Waals surface area contributed by atoms with E-state index in [4.69, 9.17) is 14.2 Å². The number of phenols is 1. The highest BCUT2D eigenvalue weighted by atomic mass is 16.5. The molecule has 0 atom stereocenters. The minimum atomic E-state index is 0.0530. The molecule has 0 unspecified atom stereocenters. The number of ether oxygens (including phenoxy) is 3. The highest BCUT2D eigenvalue weighted by molar-refractivity contribution is 5.81. The smallest absolute Gasteiger partial charge is 0.322 e. The third-order valence-corrected chi connectivity index (χ3v) is 3.74. The topological polar surface area (TPSA) is 114 Å². The third-order valence-electron chi connectivity index (χ3n) is 3.74. The van der Waals surface area contributed by atoms with Crippen molar-refractivity contribution < 1.29 is 19.3 Å². The van der Waals surface area contributed by atoms with Gasteiger partial charge in [-0.25, -0.2) is 5.43 Å². The normalized spacial score (nSPS) is 14.4. The molecule has 2 heterocycles. The van der Waals surface area contributed by atoms with Gasteiger partial charge in [0.1, 0.15) is 0 Å². The van der Waals surface area contributed by atoms with E-state index in [0.29, 0.717) is 50.2 Å². The van der Waals surface area contributed by atoms with Gasteiger partial charge in [-0.1, -0.05) is 0 Å². The molecule has 1 saturated heterocycles. The molecule has 0 bridgehead atoms. The van der Waals surface area contributed by atoms with Crippen LogP contribution in [0.3, 0.4) is 0 Å². The lowest BCUT2D eigenvalue weighted by Gasteiger charge is -2.26. The summed E-state index contributed by atoms with van der Waals surface area (Å²) >= 11 is 0. The van der Waals surface area contributed by atoms with E-state index in [2.05, 4.69) is 25.5 Å². The zero-order valence-electron chi connectivity index (χ0n) is 15.3. The summed E-state index contributed by atoms with van der Waals surface area (Å²) in [7, 11) is 1.49. The molecule has 1 aromatic heterocycles. The van der Waals surface area contributed by atoms with Crippen LogP contribution in [0.5, 0.6) is 17.5 Å². The minimum absolute atomic E-state index is 0.0530. The van der Waals surface area contributed by atoms with Crippen LogP contribution in [0, 0.1) is 0 Å². The first-order valence-electron chi connectivity index (χ1n) is 8.57. The molecule has 3 rings (SSSR count). The lowest BCUT2D eigenvalue weighted by atomic mass is 10.2. The average molecular weight is 374 g/mol. The molecule has 0 radical (unpaired) electrons. The van der Waals surface area contributed by atoms with E-state index in [1.165, 1.54) is 7.11 Å². The monoisotopic (exact) mass is 374 g/mol. The van der Waals surface area contributed by atoms with E-state index in [9.17, 15) is 5.11 Å². The van der Waals surface area contributed by atoms with Crippen molar-refractivity contribution in [2.75, 3.05) is 50.3 Å². The molecule has 2 N–H and O–H groups in total. The molecule has 1 aromatic carbocycles. The maximum Gasteiger partial charge on any atom is 0.322 e. The molecule has 0 spiro atoms. The second-order valence-corrected chi connectivity index (χ2v) is 5.58. The second kappa shape index (κ2) is 8.99. The lowest BCUT2D eigenvalue weighted by Crippen LogP contribution is -2.37. The Morgan fingerprint density at radius 3 is 2.81 bits per heavy atom. The number of benzene rings is 1. The molecular weight excluding hydrogens is 352 g/mol. The van der Waals surface area contributed by atoms with E-state index in [0.717, 1.165) is 0 Å². The number of hydrogen-bond acceptors (Lipinski definition) is 10. The van der Waals surface area contributed by atoms with Crippen LogP contribution < -0.4 is 19.8 Å². The Bertz CT molecular complexity index is 795. The summed E-state index contributed by atoms with van der Waals surface area (Å²) in [6.45, 7) is 4.97. The van der Waals surface area contributed by atoms with E-state index in [-0.39, 0.29) is 17.7 Å². The fraction of sp³-hybridized carbons (Fsp3) is 0.412. The van der Waals surface area contributed by atoms with Crippen molar-refractivity contribution in [1.29, 1.82) is 0 Å². The summed E-state index contributed by atoms with van der Waals surface area (Å²) in [5, 5.41) is 14.0. The molecule has 0 aliphatic carbocycles. The standard InChI is InChI=1S/C17H22N6O4/c1-3-27-14-5-4-12(10-13(14)24)11-18-22-15-19-16(21-17(20-15)25-2)23-6-8-26-9-7-23/h4-5,10-11,24H,3,6-9H2,1-2H3,(H,19,20,21,22). The molecule has 10 heteroatoms. The first-order valence-corrected chi connectivity index (χ1v) is 8.57. The molecule has 1 fully saturated rings. The molecular formula is C17H22N6O4. The number of rotatable bonds is 7. The SMILES string of the molecule is CCOc1ccc(C=NNc2nc(OC)nc(N3CCOCC3)n2)cc1O. The number of methoxy groups -OCH3 is 1. The highest BCUT2D eigenvalue weighted by Crippen LogP contribution is 2.26. The van der Waals surface area contributed by atoms with Crippen LogP contribution >= 0.6 is 0 Å². The van der Waals surface area contributed by atoms with Gasteiger partial charge in [0.2, 0.25) is 5.95 Å². The lowest BCUT2D eigenvalue weighted by molar-refractivity contribution is 0.122. The van der Waals surface area contributed by atoms with Gasteiger partial charge >= 0.3 is 6.01 Å². The van der Waals surface area contributed by atoms with Crippen LogP contribution in [0.25, 0.3) is 0 Å². The zero-order valence-corrected chi connectivity index (χ0v) is 15.3. The number of nitrogens with one attached hydrogen (secondary N) is 1. The number of hydrogen-bond donors (Lipinski definition) is 2. The second-order valence-electron chi connectivity index (χ2n) is 5.58. The molecule has 1 aliphatic heterocycles. The summed E-state index contributed by atoms with van der Waals surface area (Å²) < 4.78 is 15.8. The van der Waals surface area contributed by atoms with Crippen molar-refractivity contribution in [2.24, 2.45) is 5.10 Å². The van der Waals surface area contributed by atoms with Gasteiger partial charge in [0.15, 0.2) is 11.5 Å². The summed E-state index contributed by atoms with van der Waals surface area (Å²) in [5.74, 6) is 1.24. The summed E-state index contributed by atoms with van der Waals surface area (Å²) in [6.07, 6.45) is 1.54. The Morgan fingerprint density at radius 1 is 1.30 bits per heavy atom. The molecule has 10 nitrogen and oxygen atoms in total. The van der Waals surface area contributed by atoms with E-state index >= 15 is 0 Å². The Labute approximate surface area is 156 Å². The van der Waals surface area contributed by atoms with Gasteiger partial charge in [-0.15, -0.1) is 0 Å². The molecule has 0 amide bonds. The van der Waals surface area contributed by atoms with Crippen LogP contribution in [-0.4, -0.2) is 66.3 Å². The zero-order chi connectivity index (χ0) is 19.1. The predicted octanol–water partition coefficient (Wildman–Crippen LogP) is 1.27. The summed E-state index contributed by atoms with van der Waals surface area (Å²) in [6, 6.07) is 5.22. The number of aromatic nitrogens is 3. The molecule has 144 valence electrons. The molecule has 1 aliphatic rings. The van der Waals surface area contributed by atoms with Crippen LogP contribution in [0.4, 0.5) is 11.9 Å². The summed E-state index contributed by atoms with van der Waals surface area (Å²) in [5.41, 5.74) is 3.46. The third kappa shape index (κ3) is 4.94. The number of aromatic hydroxyl groups is 1. The molecule has 2 aromatic rings. The number of hydrazone groups is 1. The molecule has 0 saturated carbocycles. The highest BCUT2D eigenvalue weighted by Gasteiger charge is 2.16. The quantitative estimate of drug-likeness (QED) is 0.546. The van der Waals surface area contributed by atoms with Gasteiger partial charge < -0.3 is 24.2 Å². The Kier molecular flexibility index (Phi) is 6.21. The van der Waals surface area contributed by atoms with E-state index in [1.807, 2.05) is 11.8 Å². The Morgan fingerprint density at radius 2 is 2.11 bits per heavy atom. The Balaban J connectivity index is 1.71. The van der Waals surface area contributed by atoms with Crippen LogP contribution in [0.2, 0.25) is 0 Å². The Hall–Kier alpha value is -3.14. The van der Waals surface area contributed by atoms with Gasteiger partial charge in [-0.2, -0.15) is 20.1 Å². The minimum Gasteiger partial charge on any atom is -0.504 e. The van der Waals surface area contributed by atoms with Crippen molar-refractivity contribution in [3.63, 3.8) is 0 Å². The van der Waals surface area contributed by atoms with Crippen LogP contribution in [-0.2, 0) is 4.74 Å². The van der Waals surface area contributed by atoms with Gasteiger partial charge in [-0.3, -0.25) is 0 Å². The van der Waals surface area contributed by atoms with Gasteiger partial charge in [-0.05, 0) is 30.7 Å². The molecule has 27 heavy (non-hydrogen) atoms. The largest absolute Gasteiger partial charge is 0.504 e. The van der Waals surface area contributed by atoms with Crippen molar-refractivity contribution in [2.45, 2.75) is 6.92 Å². The maximum absolute atomic E-state index is 9.92. The fourth-order valence-corrected chi connectivity index (χ4v) is 2.45.